The molecule has 0 heterocycles. The molecule has 0 aromatic heterocycles. The fourth-order valence-electron chi connectivity index (χ4n) is 10.5. The van der Waals surface area contributed by atoms with Crippen molar-refractivity contribution in [1.82, 2.24) is 0 Å². The molecule has 0 aliphatic carbocycles. The van der Waals surface area contributed by atoms with Gasteiger partial charge in [0.1, 0.15) is 13.2 Å². The molecule has 0 aliphatic heterocycles. The summed E-state index contributed by atoms with van der Waals surface area (Å²) in [5, 5.41) is 9.76. The molecule has 2 unspecified atom stereocenters. The van der Waals surface area contributed by atoms with Crippen LogP contribution in [0, 0.1) is 0 Å². The molecular weight excluding hydrogens is 1090 g/mol. The SMILES string of the molecule is CC/C=C\C/C=C\C/C=C\C/C=C\C/C=C\C/C=C\C/C=C\C/C=C\CCCCCCCCCCCCC(=O)OC(COC(=O)CCCCCCCCCCCCCCCCCCCCCCCCCCCCCC)COC(OCC[N+](C)(C)C)C(=O)O. The van der Waals surface area contributed by atoms with E-state index >= 15 is 0 Å². The fraction of sp³-hybridized carbons (Fsp3) is 0.759. The third-order valence-corrected chi connectivity index (χ3v) is 16.1. The molecule has 1 N–H and O–H groups in total. The first-order chi connectivity index (χ1) is 43.1. The highest BCUT2D eigenvalue weighted by Gasteiger charge is 2.25. The van der Waals surface area contributed by atoms with E-state index in [0.29, 0.717) is 23.9 Å². The van der Waals surface area contributed by atoms with Gasteiger partial charge in [0.2, 0.25) is 0 Å². The Labute approximate surface area is 543 Å². The van der Waals surface area contributed by atoms with Crippen molar-refractivity contribution in [2.45, 2.75) is 341 Å². The number of rotatable bonds is 68. The molecule has 0 saturated carbocycles. The van der Waals surface area contributed by atoms with Crippen LogP contribution in [-0.4, -0.2) is 87.4 Å². The number of hydrogen-bond acceptors (Lipinski definition) is 7. The van der Waals surface area contributed by atoms with E-state index in [-0.39, 0.29) is 32.2 Å². The van der Waals surface area contributed by atoms with Crippen LogP contribution < -0.4 is 0 Å². The Balaban J connectivity index is 4.11. The fourth-order valence-corrected chi connectivity index (χ4v) is 10.5. The first kappa shape index (κ1) is 84.2. The van der Waals surface area contributed by atoms with Gasteiger partial charge in [-0.1, -0.05) is 336 Å². The number of unbranched alkanes of at least 4 members (excludes halogenated alkanes) is 37. The van der Waals surface area contributed by atoms with Crippen LogP contribution in [0.1, 0.15) is 328 Å². The van der Waals surface area contributed by atoms with E-state index in [0.717, 1.165) is 96.3 Å². The summed E-state index contributed by atoms with van der Waals surface area (Å²) >= 11 is 0. The van der Waals surface area contributed by atoms with Gasteiger partial charge >= 0.3 is 17.9 Å². The smallest absolute Gasteiger partial charge is 0.361 e. The van der Waals surface area contributed by atoms with Crippen LogP contribution in [0.4, 0.5) is 0 Å². The van der Waals surface area contributed by atoms with Crippen molar-refractivity contribution < 1.29 is 42.9 Å². The molecule has 88 heavy (non-hydrogen) atoms. The minimum atomic E-state index is -1.52. The first-order valence-electron chi connectivity index (χ1n) is 36.9. The number of ether oxygens (including phenoxy) is 4. The Hall–Kier alpha value is -3.79. The molecule has 9 heteroatoms. The molecule has 0 bridgehead atoms. The second kappa shape index (κ2) is 69.1. The average Bonchev–Trinajstić information content (AvgIpc) is 3.54. The highest BCUT2D eigenvalue weighted by molar-refractivity contribution is 5.71. The van der Waals surface area contributed by atoms with Crippen molar-refractivity contribution in [2.24, 2.45) is 0 Å². The van der Waals surface area contributed by atoms with Crippen molar-refractivity contribution in [3.8, 4) is 0 Å². The minimum Gasteiger partial charge on any atom is -0.477 e. The number of allylic oxidation sites excluding steroid dienone is 16. The summed E-state index contributed by atoms with van der Waals surface area (Å²) in [5.74, 6) is -2.00. The molecular formula is C79H140NO8+. The lowest BCUT2D eigenvalue weighted by Gasteiger charge is -2.25. The summed E-state index contributed by atoms with van der Waals surface area (Å²) in [6, 6.07) is 0. The zero-order valence-corrected chi connectivity index (χ0v) is 58.1. The molecule has 0 spiro atoms. The van der Waals surface area contributed by atoms with Crippen molar-refractivity contribution in [3.63, 3.8) is 0 Å². The lowest BCUT2D eigenvalue weighted by atomic mass is 10.0. The molecule has 0 aromatic rings. The van der Waals surface area contributed by atoms with Crippen LogP contribution in [0.25, 0.3) is 0 Å². The average molecular weight is 1230 g/mol. The zero-order valence-electron chi connectivity index (χ0n) is 58.1. The number of nitrogens with zero attached hydrogens (tertiary/aromatic N) is 1. The summed E-state index contributed by atoms with van der Waals surface area (Å²) in [7, 11) is 5.98. The Bertz CT molecular complexity index is 1770. The molecule has 508 valence electrons. The standard InChI is InChI=1S/C79H139NO8/c1-6-8-10-12-14-16-18-20-22-24-26-28-30-32-34-36-37-38-39-40-41-42-44-46-48-50-52-54-56-58-60-62-64-66-68-70-77(82)88-75(74-87-79(78(83)84)85-72-71-80(3,4)5)73-86-76(81)69-67-65-63-61-59-57-55-53-51-49-47-45-43-35-33-31-29-27-25-23-21-19-17-15-13-11-9-7-2/h8,10,14,16,20,22,26,28,32,34,37-38,40-41,44,46,75,79H,6-7,9,11-13,15,17-19,21,23-25,27,29-31,33,35-36,39,42-43,45,47-74H2,1-5H3/p+1/b10-8-,16-14-,22-20-,28-26-,34-32-,38-37-,41-40-,46-44-. The molecule has 2 atom stereocenters. The lowest BCUT2D eigenvalue weighted by molar-refractivity contribution is -0.870. The van der Waals surface area contributed by atoms with Crippen molar-refractivity contribution in [2.75, 3.05) is 47.5 Å². The lowest BCUT2D eigenvalue weighted by Crippen LogP contribution is -2.40. The van der Waals surface area contributed by atoms with Crippen LogP contribution in [0.2, 0.25) is 0 Å². The maximum Gasteiger partial charge on any atom is 0.361 e. The Kier molecular flexibility index (Phi) is 66.1. The number of aliphatic carboxylic acids is 1. The number of esters is 2. The van der Waals surface area contributed by atoms with E-state index in [1.54, 1.807) is 0 Å². The highest BCUT2D eigenvalue weighted by atomic mass is 16.7. The first-order valence-corrected chi connectivity index (χ1v) is 36.9. The van der Waals surface area contributed by atoms with Gasteiger partial charge in [0, 0.05) is 12.8 Å². The predicted octanol–water partition coefficient (Wildman–Crippen LogP) is 23.2. The van der Waals surface area contributed by atoms with Gasteiger partial charge in [0.25, 0.3) is 6.29 Å². The molecule has 9 nitrogen and oxygen atoms in total. The van der Waals surface area contributed by atoms with Gasteiger partial charge < -0.3 is 28.5 Å². The van der Waals surface area contributed by atoms with Gasteiger partial charge in [-0.25, -0.2) is 4.79 Å². The van der Waals surface area contributed by atoms with Gasteiger partial charge in [0.15, 0.2) is 6.10 Å². The number of carboxylic acid groups (broad SMARTS) is 1. The van der Waals surface area contributed by atoms with Crippen molar-refractivity contribution in [1.29, 1.82) is 0 Å². The maximum absolute atomic E-state index is 13.0. The van der Waals surface area contributed by atoms with Gasteiger partial charge in [-0.15, -0.1) is 0 Å². The summed E-state index contributed by atoms with van der Waals surface area (Å²) in [6.45, 7) is 4.80. The summed E-state index contributed by atoms with van der Waals surface area (Å²) in [4.78, 5) is 37.7. The van der Waals surface area contributed by atoms with Crippen LogP contribution in [-0.2, 0) is 33.3 Å². The van der Waals surface area contributed by atoms with E-state index in [1.165, 1.54) is 199 Å². The van der Waals surface area contributed by atoms with Gasteiger partial charge in [-0.2, -0.15) is 0 Å². The normalized spacial score (nSPS) is 13.2. The van der Waals surface area contributed by atoms with Gasteiger partial charge in [0.05, 0.1) is 34.4 Å². The Morgan fingerprint density at radius 3 is 0.966 bits per heavy atom. The third-order valence-electron chi connectivity index (χ3n) is 16.1. The second-order valence-corrected chi connectivity index (χ2v) is 25.9. The third kappa shape index (κ3) is 69.7. The van der Waals surface area contributed by atoms with Crippen LogP contribution >= 0.6 is 0 Å². The van der Waals surface area contributed by atoms with Crippen LogP contribution in [0.5, 0.6) is 0 Å². The molecule has 0 aliphatic rings. The number of carbonyl (C=O) groups excluding carboxylic acids is 2. The summed E-state index contributed by atoms with van der Waals surface area (Å²) in [6.07, 6.45) is 92.4. The predicted molar refractivity (Wildman–Crippen MR) is 378 cm³/mol. The van der Waals surface area contributed by atoms with Gasteiger partial charge in [-0.3, -0.25) is 9.59 Å². The number of carboxylic acids is 1. The second-order valence-electron chi connectivity index (χ2n) is 25.9. The molecule has 0 rings (SSSR count). The van der Waals surface area contributed by atoms with Crippen LogP contribution in [0.3, 0.4) is 0 Å². The number of carbonyl (C=O) groups is 3. The van der Waals surface area contributed by atoms with E-state index < -0.39 is 24.3 Å². The number of hydrogen-bond donors (Lipinski definition) is 1. The van der Waals surface area contributed by atoms with Crippen molar-refractivity contribution >= 4 is 17.9 Å². The highest BCUT2D eigenvalue weighted by Crippen LogP contribution is 2.18. The minimum absolute atomic E-state index is 0.184. The largest absolute Gasteiger partial charge is 0.477 e. The van der Waals surface area contributed by atoms with E-state index in [4.69, 9.17) is 18.9 Å². The van der Waals surface area contributed by atoms with Crippen LogP contribution in [0.15, 0.2) is 97.2 Å². The van der Waals surface area contributed by atoms with E-state index in [1.807, 2.05) is 21.1 Å². The summed E-state index contributed by atoms with van der Waals surface area (Å²) < 4.78 is 23.0. The molecule has 0 saturated heterocycles. The topological polar surface area (TPSA) is 108 Å². The molecule has 0 amide bonds. The zero-order chi connectivity index (χ0) is 64.0. The Morgan fingerprint density at radius 2 is 0.648 bits per heavy atom. The molecule has 0 fully saturated rings. The molecule has 0 aromatic carbocycles. The van der Waals surface area contributed by atoms with Gasteiger partial charge in [-0.05, 0) is 77.0 Å². The monoisotopic (exact) mass is 1230 g/mol. The Morgan fingerprint density at radius 1 is 0.352 bits per heavy atom. The molecule has 0 radical (unpaired) electrons. The van der Waals surface area contributed by atoms with Crippen molar-refractivity contribution in [3.05, 3.63) is 97.2 Å². The van der Waals surface area contributed by atoms with E-state index in [2.05, 4.69) is 111 Å². The van der Waals surface area contributed by atoms with E-state index in [9.17, 15) is 19.5 Å². The quantitative estimate of drug-likeness (QED) is 0.0211. The maximum atomic E-state index is 13.0. The number of likely N-dealkylation sites (N-methyl/N-ethyl adjacent to an activating group) is 1. The summed E-state index contributed by atoms with van der Waals surface area (Å²) in [5.41, 5.74) is 0. The number of quaternary nitrogens is 1.